The van der Waals surface area contributed by atoms with Crippen molar-refractivity contribution >= 4 is 44.4 Å². The highest BCUT2D eigenvalue weighted by Gasteiger charge is 2.31. The summed E-state index contributed by atoms with van der Waals surface area (Å²) in [7, 11) is -3.80. The van der Waals surface area contributed by atoms with Crippen LogP contribution in [0.2, 0.25) is 5.02 Å². The monoisotopic (exact) mass is 458 g/mol. The lowest BCUT2D eigenvalue weighted by molar-refractivity contribution is 0.314. The van der Waals surface area contributed by atoms with E-state index < -0.39 is 10.0 Å². The van der Waals surface area contributed by atoms with Gasteiger partial charge in [0.1, 0.15) is 9.92 Å². The fourth-order valence-corrected chi connectivity index (χ4v) is 6.06. The Bertz CT molecular complexity index is 1340. The van der Waals surface area contributed by atoms with Crippen LogP contribution >= 0.6 is 23.4 Å². The second-order valence-corrected chi connectivity index (χ2v) is 10.2. The summed E-state index contributed by atoms with van der Waals surface area (Å²) in [5.74, 6) is 0. The summed E-state index contributed by atoms with van der Waals surface area (Å²) < 4.78 is 33.2. The molecule has 0 radical (unpaired) electrons. The van der Waals surface area contributed by atoms with E-state index in [-0.39, 0.29) is 17.0 Å². The van der Waals surface area contributed by atoms with Crippen molar-refractivity contribution in [3.63, 3.8) is 0 Å². The molecule has 0 fully saturated rings. The predicted molar refractivity (Wildman–Crippen MR) is 113 cm³/mol. The van der Waals surface area contributed by atoms with Crippen molar-refractivity contribution in [2.24, 2.45) is 0 Å². The van der Waals surface area contributed by atoms with Gasteiger partial charge in [-0.15, -0.1) is 0 Å². The second kappa shape index (κ2) is 7.66. The molecule has 1 aliphatic heterocycles. The minimum Gasteiger partial charge on any atom is -0.250 e. The smallest absolute Gasteiger partial charge is 0.245 e. The van der Waals surface area contributed by atoms with Crippen molar-refractivity contribution in [1.82, 2.24) is 19.6 Å². The molecule has 0 atom stereocenters. The Morgan fingerprint density at radius 2 is 1.90 bits per heavy atom. The number of benzene rings is 2. The Labute approximate surface area is 182 Å². The van der Waals surface area contributed by atoms with Crippen molar-refractivity contribution < 1.29 is 13.0 Å². The molecule has 2 aromatic carbocycles. The van der Waals surface area contributed by atoms with Crippen LogP contribution in [0.4, 0.5) is 0 Å². The summed E-state index contributed by atoms with van der Waals surface area (Å²) in [6.45, 7) is 0.642. The Morgan fingerprint density at radius 1 is 1.03 bits per heavy atom. The van der Waals surface area contributed by atoms with Gasteiger partial charge in [0.05, 0.1) is 0 Å². The number of nitrogens with zero attached hydrogens (tertiary/aromatic N) is 4. The number of halogens is 1. The van der Waals surface area contributed by atoms with Crippen LogP contribution in [0.3, 0.4) is 0 Å². The fraction of sp³-hybridized carbons (Fsp3) is 0.150. The van der Waals surface area contributed by atoms with Crippen molar-refractivity contribution in [3.05, 3.63) is 70.9 Å². The minimum absolute atomic E-state index is 0.0783. The maximum atomic E-state index is 13.4. The van der Waals surface area contributed by atoms with Crippen LogP contribution in [0.1, 0.15) is 11.1 Å². The van der Waals surface area contributed by atoms with Gasteiger partial charge in [-0.1, -0.05) is 35.5 Å². The summed E-state index contributed by atoms with van der Waals surface area (Å²) >= 11 is 7.47. The molecule has 1 aliphatic rings. The number of hydrogen-bond acceptors (Lipinski definition) is 7. The summed E-state index contributed by atoms with van der Waals surface area (Å²) in [4.78, 5) is 5.09. The molecule has 30 heavy (non-hydrogen) atoms. The predicted octanol–water partition coefficient (Wildman–Crippen LogP) is 4.17. The van der Waals surface area contributed by atoms with Gasteiger partial charge in [0.15, 0.2) is 11.0 Å². The highest BCUT2D eigenvalue weighted by atomic mass is 35.5. The lowest BCUT2D eigenvalue weighted by Crippen LogP contribution is -2.36. The van der Waals surface area contributed by atoms with E-state index in [2.05, 4.69) is 15.3 Å². The van der Waals surface area contributed by atoms with Gasteiger partial charge in [-0.2, -0.15) is 4.31 Å². The lowest BCUT2D eigenvalue weighted by Gasteiger charge is -2.28. The van der Waals surface area contributed by atoms with E-state index in [0.717, 1.165) is 21.0 Å². The Hall–Kier alpha value is -2.46. The van der Waals surface area contributed by atoms with Crippen LogP contribution in [0.25, 0.3) is 11.0 Å². The van der Waals surface area contributed by atoms with Crippen LogP contribution in [0, 0.1) is 0 Å². The summed E-state index contributed by atoms with van der Waals surface area (Å²) in [6.07, 6.45) is 2.32. The van der Waals surface area contributed by atoms with Crippen LogP contribution in [0.5, 0.6) is 0 Å². The van der Waals surface area contributed by atoms with Gasteiger partial charge in [0, 0.05) is 29.2 Å². The molecule has 10 heteroatoms. The Kier molecular flexibility index (Phi) is 4.98. The third kappa shape index (κ3) is 3.47. The molecule has 3 heterocycles. The first-order chi connectivity index (χ1) is 14.5. The van der Waals surface area contributed by atoms with E-state index in [1.54, 1.807) is 18.3 Å². The van der Waals surface area contributed by atoms with E-state index in [4.69, 9.17) is 16.2 Å². The van der Waals surface area contributed by atoms with Crippen molar-refractivity contribution in [2.45, 2.75) is 27.8 Å². The third-order valence-electron chi connectivity index (χ3n) is 4.96. The minimum atomic E-state index is -3.80. The van der Waals surface area contributed by atoms with Gasteiger partial charge >= 0.3 is 0 Å². The molecular weight excluding hydrogens is 444 g/mol. The third-order valence-corrected chi connectivity index (χ3v) is 8.07. The van der Waals surface area contributed by atoms with Crippen molar-refractivity contribution in [2.75, 3.05) is 6.54 Å². The molecule has 0 saturated heterocycles. The first kappa shape index (κ1) is 19.5. The van der Waals surface area contributed by atoms with E-state index in [1.165, 1.54) is 16.1 Å². The zero-order chi connectivity index (χ0) is 20.7. The molecule has 0 aliphatic carbocycles. The van der Waals surface area contributed by atoms with Gasteiger partial charge < -0.3 is 0 Å². The number of fused-ring (bicyclic) bond motifs is 2. The molecule has 5 rings (SSSR count). The normalized spacial score (nSPS) is 14.7. The van der Waals surface area contributed by atoms with Crippen LogP contribution < -0.4 is 0 Å². The number of rotatable bonds is 4. The quantitative estimate of drug-likeness (QED) is 0.453. The molecule has 2 aromatic heterocycles. The van der Waals surface area contributed by atoms with Gasteiger partial charge in [0.2, 0.25) is 10.0 Å². The van der Waals surface area contributed by atoms with Crippen molar-refractivity contribution in [3.8, 4) is 0 Å². The van der Waals surface area contributed by atoms with Crippen molar-refractivity contribution in [1.29, 1.82) is 0 Å². The van der Waals surface area contributed by atoms with Gasteiger partial charge in [-0.05, 0) is 64.3 Å². The molecule has 0 saturated carbocycles. The second-order valence-electron chi connectivity index (χ2n) is 6.79. The number of hydrogen-bond donors (Lipinski definition) is 0. The highest BCUT2D eigenvalue weighted by Crippen LogP contribution is 2.35. The maximum absolute atomic E-state index is 13.4. The zero-order valence-corrected chi connectivity index (χ0v) is 17.9. The number of aromatic nitrogens is 3. The SMILES string of the molecule is O=S(=O)(c1ccc(Sc2ccccn2)c2nonc12)N1CCc2ccc(Cl)cc2C1. The molecular formula is C20H15ClN4O3S2. The number of pyridine rings is 1. The summed E-state index contributed by atoms with van der Waals surface area (Å²) in [6, 6.07) is 14.4. The highest BCUT2D eigenvalue weighted by molar-refractivity contribution is 7.99. The molecule has 0 unspecified atom stereocenters. The van der Waals surface area contributed by atoms with Gasteiger partial charge in [-0.25, -0.2) is 18.0 Å². The maximum Gasteiger partial charge on any atom is 0.245 e. The van der Waals surface area contributed by atoms with E-state index in [0.29, 0.717) is 23.5 Å². The topological polar surface area (TPSA) is 89.2 Å². The van der Waals surface area contributed by atoms with E-state index in [9.17, 15) is 8.42 Å². The van der Waals surface area contributed by atoms with Crippen LogP contribution in [-0.2, 0) is 23.0 Å². The molecule has 0 amide bonds. The van der Waals surface area contributed by atoms with Gasteiger partial charge in [-0.3, -0.25) is 0 Å². The molecule has 152 valence electrons. The van der Waals surface area contributed by atoms with E-state index >= 15 is 0 Å². The van der Waals surface area contributed by atoms with Crippen LogP contribution in [0.15, 0.2) is 74.2 Å². The van der Waals surface area contributed by atoms with Gasteiger partial charge in [0.25, 0.3) is 0 Å². The molecule has 0 spiro atoms. The summed E-state index contributed by atoms with van der Waals surface area (Å²) in [5.41, 5.74) is 2.63. The standard InChI is InChI=1S/C20H15ClN4O3S2/c21-15-5-4-13-8-10-25(12-14(13)11-15)30(26,27)17-7-6-16(19-20(17)24-28-23-19)29-18-3-1-2-9-22-18/h1-7,9,11H,8,10,12H2. The number of sulfonamides is 1. The van der Waals surface area contributed by atoms with Crippen LogP contribution in [-0.4, -0.2) is 34.6 Å². The lowest BCUT2D eigenvalue weighted by atomic mass is 10.0. The average Bonchev–Trinajstić information content (AvgIpc) is 3.24. The summed E-state index contributed by atoms with van der Waals surface area (Å²) in [5, 5.41) is 9.20. The zero-order valence-electron chi connectivity index (χ0n) is 15.5. The molecule has 7 nitrogen and oxygen atoms in total. The average molecular weight is 459 g/mol. The first-order valence-corrected chi connectivity index (χ1v) is 11.8. The largest absolute Gasteiger partial charge is 0.250 e. The Balaban J connectivity index is 1.52. The molecule has 0 N–H and O–H groups in total. The fourth-order valence-electron chi connectivity index (χ4n) is 3.48. The van der Waals surface area contributed by atoms with E-state index in [1.807, 2.05) is 36.4 Å². The molecule has 0 bridgehead atoms. The Morgan fingerprint density at radius 3 is 2.73 bits per heavy atom. The first-order valence-electron chi connectivity index (χ1n) is 9.14. The molecule has 4 aromatic rings.